The van der Waals surface area contributed by atoms with Gasteiger partial charge in [-0.2, -0.15) is 0 Å². The molecule has 0 N–H and O–H groups in total. The average molecular weight is 418 g/mol. The molecule has 0 saturated carbocycles. The van der Waals surface area contributed by atoms with Gasteiger partial charge in [-0.05, 0) is 25.3 Å². The molecule has 2 saturated heterocycles. The third kappa shape index (κ3) is 5.98. The zero-order valence-electron chi connectivity index (χ0n) is 18.8. The molecule has 2 fully saturated rings. The molecule has 1 aromatic rings. The van der Waals surface area contributed by atoms with E-state index in [-0.39, 0.29) is 18.2 Å². The first-order valence-corrected chi connectivity index (χ1v) is 12.0. The van der Waals surface area contributed by atoms with E-state index in [1.807, 2.05) is 30.0 Å². The molecule has 3 rings (SSSR count). The molecule has 0 bridgehead atoms. The topological polar surface area (TPSA) is 48.0 Å². The highest BCUT2D eigenvalue weighted by Crippen LogP contribution is 2.45. The fraction of sp³-hybridized carbons (Fsp3) is 0.720. The summed E-state index contributed by atoms with van der Waals surface area (Å²) in [5.74, 6) is -0.589. The number of unbranched alkanes of at least 4 members (excludes halogenated alkanes) is 5. The van der Waals surface area contributed by atoms with Crippen molar-refractivity contribution in [2.75, 3.05) is 19.8 Å². The number of likely N-dealkylation sites (tertiary alicyclic amines) is 1. The summed E-state index contributed by atoms with van der Waals surface area (Å²) in [6, 6.07) is 10.2. The molecule has 1 spiro atoms. The van der Waals surface area contributed by atoms with Crippen molar-refractivity contribution in [1.82, 2.24) is 4.90 Å². The van der Waals surface area contributed by atoms with E-state index in [2.05, 4.69) is 19.1 Å². The van der Waals surface area contributed by atoms with Crippen molar-refractivity contribution in [2.24, 2.45) is 0 Å². The van der Waals surface area contributed by atoms with E-state index in [1.165, 1.54) is 32.1 Å². The Kier molecular flexibility index (Phi) is 9.01. The van der Waals surface area contributed by atoms with Crippen LogP contribution in [0.5, 0.6) is 0 Å². The van der Waals surface area contributed by atoms with Crippen LogP contribution in [0.1, 0.15) is 89.7 Å². The smallest absolute Gasteiger partial charge is 0.410 e. The maximum atomic E-state index is 13.1. The number of ether oxygens (including phenoxy) is 3. The molecule has 0 unspecified atom stereocenters. The maximum Gasteiger partial charge on any atom is 0.410 e. The first-order chi connectivity index (χ1) is 14.7. The molecule has 1 amide bonds. The summed E-state index contributed by atoms with van der Waals surface area (Å²) in [7, 11) is 0. The number of amides is 1. The lowest BCUT2D eigenvalue weighted by molar-refractivity contribution is -0.296. The second kappa shape index (κ2) is 11.7. The first-order valence-electron chi connectivity index (χ1n) is 12.0. The van der Waals surface area contributed by atoms with Gasteiger partial charge < -0.3 is 14.2 Å². The Morgan fingerprint density at radius 3 is 2.43 bits per heavy atom. The number of rotatable bonds is 9. The van der Waals surface area contributed by atoms with Crippen LogP contribution in [0.2, 0.25) is 0 Å². The zero-order valence-corrected chi connectivity index (χ0v) is 18.8. The van der Waals surface area contributed by atoms with E-state index in [0.717, 1.165) is 44.5 Å². The van der Waals surface area contributed by atoms with Gasteiger partial charge in [0.1, 0.15) is 0 Å². The molecule has 30 heavy (non-hydrogen) atoms. The third-order valence-electron chi connectivity index (χ3n) is 6.35. The van der Waals surface area contributed by atoms with Crippen LogP contribution in [0.15, 0.2) is 30.3 Å². The zero-order chi connectivity index (χ0) is 21.2. The van der Waals surface area contributed by atoms with Gasteiger partial charge >= 0.3 is 6.09 Å². The molecular weight excluding hydrogens is 378 g/mol. The Labute approximate surface area is 182 Å². The molecule has 2 aliphatic heterocycles. The molecule has 0 aromatic heterocycles. The number of piperidine rings is 1. The second-order valence-electron chi connectivity index (χ2n) is 8.61. The monoisotopic (exact) mass is 417 g/mol. The van der Waals surface area contributed by atoms with Crippen LogP contribution >= 0.6 is 0 Å². The largest absolute Gasteiger partial charge is 0.450 e. The van der Waals surface area contributed by atoms with Gasteiger partial charge in [0.05, 0.1) is 25.9 Å². The molecule has 5 heteroatoms. The van der Waals surface area contributed by atoms with Gasteiger partial charge in [-0.25, -0.2) is 4.79 Å². The molecule has 0 radical (unpaired) electrons. The van der Waals surface area contributed by atoms with Crippen LogP contribution in [-0.2, 0) is 14.2 Å². The minimum atomic E-state index is -0.589. The lowest BCUT2D eigenvalue weighted by Crippen LogP contribution is -2.57. The summed E-state index contributed by atoms with van der Waals surface area (Å²) in [5, 5.41) is 0. The number of hydrogen-bond acceptors (Lipinski definition) is 4. The standard InChI is InChI=1S/C25H39NO4/c1-3-5-6-7-8-12-16-22-19-25(29-17-13-18-30-25)20-23(21-14-10-9-11-15-21)26(22)24(27)28-4-2/h9-11,14-15,22-23H,3-8,12-13,16-20H2,1-2H3/t22-,23+/m0/s1. The Morgan fingerprint density at radius 2 is 1.73 bits per heavy atom. The van der Waals surface area contributed by atoms with Gasteiger partial charge in [0.25, 0.3) is 0 Å². The third-order valence-corrected chi connectivity index (χ3v) is 6.35. The molecule has 2 heterocycles. The number of carbonyl (C=O) groups excluding carboxylic acids is 1. The summed E-state index contributed by atoms with van der Waals surface area (Å²) >= 11 is 0. The highest BCUT2D eigenvalue weighted by atomic mass is 16.7. The van der Waals surface area contributed by atoms with Gasteiger partial charge in [-0.15, -0.1) is 0 Å². The van der Waals surface area contributed by atoms with Gasteiger partial charge in [-0.1, -0.05) is 75.8 Å². The van der Waals surface area contributed by atoms with Crippen LogP contribution in [0.25, 0.3) is 0 Å². The highest BCUT2D eigenvalue weighted by molar-refractivity contribution is 5.69. The lowest BCUT2D eigenvalue weighted by atomic mass is 9.84. The van der Waals surface area contributed by atoms with Gasteiger partial charge in [0.2, 0.25) is 0 Å². The summed E-state index contributed by atoms with van der Waals surface area (Å²) in [6.07, 6.45) is 10.5. The quantitative estimate of drug-likeness (QED) is 0.447. The first kappa shape index (κ1) is 23.1. The summed E-state index contributed by atoms with van der Waals surface area (Å²) in [6.45, 7) is 5.96. The Bertz CT molecular complexity index is 629. The maximum absolute atomic E-state index is 13.1. The lowest BCUT2D eigenvalue weighted by Gasteiger charge is -2.51. The van der Waals surface area contributed by atoms with Crippen molar-refractivity contribution < 1.29 is 19.0 Å². The van der Waals surface area contributed by atoms with E-state index in [0.29, 0.717) is 13.0 Å². The fourth-order valence-corrected chi connectivity index (χ4v) is 4.87. The van der Waals surface area contributed by atoms with E-state index in [1.54, 1.807) is 0 Å². The van der Waals surface area contributed by atoms with Crippen molar-refractivity contribution >= 4 is 6.09 Å². The molecule has 0 aliphatic carbocycles. The second-order valence-corrected chi connectivity index (χ2v) is 8.61. The Balaban J connectivity index is 1.79. The highest BCUT2D eigenvalue weighted by Gasteiger charge is 2.49. The van der Waals surface area contributed by atoms with Crippen LogP contribution in [0.4, 0.5) is 4.79 Å². The molecular formula is C25H39NO4. The predicted octanol–water partition coefficient (Wildman–Crippen LogP) is 6.23. The van der Waals surface area contributed by atoms with Crippen molar-refractivity contribution in [3.63, 3.8) is 0 Å². The molecule has 168 valence electrons. The van der Waals surface area contributed by atoms with E-state index < -0.39 is 5.79 Å². The van der Waals surface area contributed by atoms with E-state index in [4.69, 9.17) is 14.2 Å². The summed E-state index contributed by atoms with van der Waals surface area (Å²) in [5.41, 5.74) is 1.12. The Hall–Kier alpha value is -1.59. The molecule has 2 atom stereocenters. The number of nitrogens with zero attached hydrogens (tertiary/aromatic N) is 1. The van der Waals surface area contributed by atoms with Crippen molar-refractivity contribution in [2.45, 2.75) is 95.9 Å². The van der Waals surface area contributed by atoms with Crippen molar-refractivity contribution in [1.29, 1.82) is 0 Å². The SMILES string of the molecule is CCCCCCCC[C@H]1CC2(C[C@H](c3ccccc3)N1C(=O)OCC)OCCCO2. The summed E-state index contributed by atoms with van der Waals surface area (Å²) < 4.78 is 18.0. The minimum Gasteiger partial charge on any atom is -0.450 e. The normalized spacial score (nSPS) is 23.5. The minimum absolute atomic E-state index is 0.0623. The van der Waals surface area contributed by atoms with Gasteiger partial charge in [0.15, 0.2) is 5.79 Å². The van der Waals surface area contributed by atoms with Gasteiger partial charge in [-0.3, -0.25) is 4.90 Å². The van der Waals surface area contributed by atoms with Crippen LogP contribution < -0.4 is 0 Å². The molecule has 5 nitrogen and oxygen atoms in total. The van der Waals surface area contributed by atoms with E-state index >= 15 is 0 Å². The van der Waals surface area contributed by atoms with Gasteiger partial charge in [0, 0.05) is 18.9 Å². The van der Waals surface area contributed by atoms with Crippen LogP contribution in [-0.4, -0.2) is 42.6 Å². The average Bonchev–Trinajstić information content (AvgIpc) is 2.77. The summed E-state index contributed by atoms with van der Waals surface area (Å²) in [4.78, 5) is 15.0. The number of carbonyl (C=O) groups is 1. The number of hydrogen-bond donors (Lipinski definition) is 0. The number of benzene rings is 1. The fourth-order valence-electron chi connectivity index (χ4n) is 4.87. The van der Waals surface area contributed by atoms with Crippen molar-refractivity contribution in [3.05, 3.63) is 35.9 Å². The van der Waals surface area contributed by atoms with Crippen molar-refractivity contribution in [3.8, 4) is 0 Å². The van der Waals surface area contributed by atoms with E-state index in [9.17, 15) is 4.79 Å². The predicted molar refractivity (Wildman–Crippen MR) is 118 cm³/mol. The van der Waals surface area contributed by atoms with Crippen LogP contribution in [0, 0.1) is 0 Å². The molecule has 2 aliphatic rings. The van der Waals surface area contributed by atoms with Crippen LogP contribution in [0.3, 0.4) is 0 Å². The molecule has 1 aromatic carbocycles. The Morgan fingerprint density at radius 1 is 1.03 bits per heavy atom.